The van der Waals surface area contributed by atoms with Crippen molar-refractivity contribution < 1.29 is 24.0 Å². The van der Waals surface area contributed by atoms with Gasteiger partial charge < -0.3 is 10.5 Å². The van der Waals surface area contributed by atoms with E-state index in [1.807, 2.05) is 0 Å². The van der Waals surface area contributed by atoms with Gasteiger partial charge in [0, 0.05) is 11.6 Å². The number of nitro benzene ring substituents is 1. The molecule has 3 amide bonds. The van der Waals surface area contributed by atoms with Gasteiger partial charge in [0.2, 0.25) is 0 Å². The van der Waals surface area contributed by atoms with Gasteiger partial charge >= 0.3 is 11.7 Å². The lowest BCUT2D eigenvalue weighted by Crippen LogP contribution is -2.42. The Morgan fingerprint density at radius 3 is 2.65 bits per heavy atom. The minimum absolute atomic E-state index is 0.146. The average Bonchev–Trinajstić information content (AvgIpc) is 2.37. The Morgan fingerprint density at radius 1 is 1.50 bits per heavy atom. The van der Waals surface area contributed by atoms with E-state index in [1.165, 1.54) is 13.0 Å². The second-order valence-electron chi connectivity index (χ2n) is 3.72. The quantitative estimate of drug-likeness (QED) is 0.453. The number of ether oxygens (including phenoxy) is 1. The molecule has 9 nitrogen and oxygen atoms in total. The van der Waals surface area contributed by atoms with Crippen LogP contribution in [-0.2, 0) is 4.79 Å². The van der Waals surface area contributed by atoms with Crippen LogP contribution in [0.15, 0.2) is 18.2 Å². The van der Waals surface area contributed by atoms with Crippen molar-refractivity contribution in [2.45, 2.75) is 13.0 Å². The normalized spacial score (nSPS) is 11.2. The standard InChI is InChI=1S/C11H11N3O6/c1-6(10(16)13-11(12)17)20-9-4-7(5-15)2-3-8(9)14(18)19/h2-6H,1H3,(H3,12,13,16,17). The molecule has 0 saturated heterocycles. The molecule has 106 valence electrons. The number of carbonyl (C=O) groups excluding carboxylic acids is 3. The van der Waals surface area contributed by atoms with Gasteiger partial charge in [-0.05, 0) is 19.1 Å². The molecule has 0 aromatic heterocycles. The molecule has 3 N–H and O–H groups in total. The highest BCUT2D eigenvalue weighted by atomic mass is 16.6. The van der Waals surface area contributed by atoms with Gasteiger partial charge in [0.25, 0.3) is 5.91 Å². The smallest absolute Gasteiger partial charge is 0.318 e. The molecule has 1 atom stereocenters. The first-order valence-corrected chi connectivity index (χ1v) is 5.35. The fraction of sp³-hybridized carbons (Fsp3) is 0.182. The van der Waals surface area contributed by atoms with Crippen molar-refractivity contribution in [1.29, 1.82) is 0 Å². The molecule has 0 aliphatic heterocycles. The number of amides is 3. The maximum absolute atomic E-state index is 11.4. The van der Waals surface area contributed by atoms with Gasteiger partial charge in [-0.25, -0.2) is 4.79 Å². The van der Waals surface area contributed by atoms with Crippen LogP contribution in [-0.4, -0.2) is 29.3 Å². The first kappa shape index (κ1) is 15.1. The summed E-state index contributed by atoms with van der Waals surface area (Å²) >= 11 is 0. The number of rotatable bonds is 5. The molecule has 1 aromatic rings. The van der Waals surface area contributed by atoms with E-state index in [4.69, 9.17) is 10.5 Å². The number of primary amides is 1. The second kappa shape index (κ2) is 6.27. The zero-order chi connectivity index (χ0) is 15.3. The van der Waals surface area contributed by atoms with Crippen LogP contribution in [0.3, 0.4) is 0 Å². The summed E-state index contributed by atoms with van der Waals surface area (Å²) in [5, 5.41) is 12.6. The number of nitrogens with zero attached hydrogens (tertiary/aromatic N) is 1. The first-order chi connectivity index (χ1) is 9.35. The number of imide groups is 1. The van der Waals surface area contributed by atoms with Crippen LogP contribution in [0.2, 0.25) is 0 Å². The summed E-state index contributed by atoms with van der Waals surface area (Å²) in [5.41, 5.74) is 4.51. The SMILES string of the molecule is CC(Oc1cc(C=O)ccc1[N+](=O)[O-])C(=O)NC(N)=O. The molecule has 0 spiro atoms. The van der Waals surface area contributed by atoms with Crippen LogP contribution in [0.5, 0.6) is 5.75 Å². The van der Waals surface area contributed by atoms with Crippen LogP contribution < -0.4 is 15.8 Å². The van der Waals surface area contributed by atoms with Gasteiger partial charge in [0.05, 0.1) is 4.92 Å². The van der Waals surface area contributed by atoms with Crippen LogP contribution in [0.1, 0.15) is 17.3 Å². The highest BCUT2D eigenvalue weighted by Crippen LogP contribution is 2.28. The zero-order valence-corrected chi connectivity index (χ0v) is 10.4. The predicted molar refractivity (Wildman–Crippen MR) is 66.3 cm³/mol. The average molecular weight is 281 g/mol. The van der Waals surface area contributed by atoms with Crippen molar-refractivity contribution in [3.63, 3.8) is 0 Å². The summed E-state index contributed by atoms with van der Waals surface area (Å²) in [4.78, 5) is 42.7. The molecule has 0 saturated carbocycles. The lowest BCUT2D eigenvalue weighted by atomic mass is 10.2. The molecular weight excluding hydrogens is 270 g/mol. The number of nitrogens with one attached hydrogen (secondary N) is 1. The number of carbonyl (C=O) groups is 3. The fourth-order valence-corrected chi connectivity index (χ4v) is 1.32. The molecule has 0 aliphatic rings. The van der Waals surface area contributed by atoms with Crippen molar-refractivity contribution in [1.82, 2.24) is 5.32 Å². The van der Waals surface area contributed by atoms with E-state index >= 15 is 0 Å². The Morgan fingerprint density at radius 2 is 2.15 bits per heavy atom. The van der Waals surface area contributed by atoms with Crippen molar-refractivity contribution in [3.05, 3.63) is 33.9 Å². The molecule has 20 heavy (non-hydrogen) atoms. The highest BCUT2D eigenvalue weighted by Gasteiger charge is 2.22. The molecule has 0 heterocycles. The van der Waals surface area contributed by atoms with E-state index in [0.717, 1.165) is 12.1 Å². The Kier molecular flexibility index (Phi) is 4.73. The summed E-state index contributed by atoms with van der Waals surface area (Å²) in [6, 6.07) is 2.38. The Balaban J connectivity index is 3.00. The Bertz CT molecular complexity index is 571. The second-order valence-corrected chi connectivity index (χ2v) is 3.72. The Labute approximate surface area is 112 Å². The van der Waals surface area contributed by atoms with Crippen molar-refractivity contribution in [3.8, 4) is 5.75 Å². The lowest BCUT2D eigenvalue weighted by Gasteiger charge is -2.13. The summed E-state index contributed by atoms with van der Waals surface area (Å²) in [7, 11) is 0. The first-order valence-electron chi connectivity index (χ1n) is 5.35. The summed E-state index contributed by atoms with van der Waals surface area (Å²) < 4.78 is 5.09. The Hall–Kier alpha value is -2.97. The molecule has 0 radical (unpaired) electrons. The van der Waals surface area contributed by atoms with Gasteiger partial charge in [-0.1, -0.05) is 0 Å². The predicted octanol–water partition coefficient (Wildman–Crippen LogP) is 0.370. The maximum atomic E-state index is 11.4. The topological polar surface area (TPSA) is 142 Å². The number of nitro groups is 1. The van der Waals surface area contributed by atoms with E-state index < -0.39 is 28.7 Å². The van der Waals surface area contributed by atoms with Gasteiger partial charge in [-0.3, -0.25) is 25.0 Å². The summed E-state index contributed by atoms with van der Waals surface area (Å²) in [6.45, 7) is 1.27. The molecule has 0 bridgehead atoms. The molecule has 0 fully saturated rings. The lowest BCUT2D eigenvalue weighted by molar-refractivity contribution is -0.386. The summed E-state index contributed by atoms with van der Waals surface area (Å²) in [6.07, 6.45) is -0.729. The van der Waals surface area contributed by atoms with Crippen LogP contribution in [0.25, 0.3) is 0 Å². The number of benzene rings is 1. The fourth-order valence-electron chi connectivity index (χ4n) is 1.32. The maximum Gasteiger partial charge on any atom is 0.318 e. The van der Waals surface area contributed by atoms with Gasteiger partial charge in [0.15, 0.2) is 11.9 Å². The number of urea groups is 1. The highest BCUT2D eigenvalue weighted by molar-refractivity contribution is 5.95. The molecule has 0 aliphatic carbocycles. The molecule has 9 heteroatoms. The van der Waals surface area contributed by atoms with Crippen LogP contribution in [0, 0.1) is 10.1 Å². The van der Waals surface area contributed by atoms with Gasteiger partial charge in [0.1, 0.15) is 6.29 Å². The third-order valence-electron chi connectivity index (χ3n) is 2.24. The third kappa shape index (κ3) is 3.77. The molecule has 1 aromatic carbocycles. The third-order valence-corrected chi connectivity index (χ3v) is 2.24. The molecular formula is C11H11N3O6. The molecule has 1 rings (SSSR count). The number of aldehydes is 1. The van der Waals surface area contributed by atoms with Crippen LogP contribution >= 0.6 is 0 Å². The van der Waals surface area contributed by atoms with Gasteiger partial charge in [-0.15, -0.1) is 0 Å². The zero-order valence-electron chi connectivity index (χ0n) is 10.4. The minimum Gasteiger partial charge on any atom is -0.474 e. The van der Waals surface area contributed by atoms with Gasteiger partial charge in [-0.2, -0.15) is 0 Å². The number of nitrogens with two attached hydrogens (primary N) is 1. The van der Waals surface area contributed by atoms with Crippen molar-refractivity contribution >= 4 is 23.9 Å². The van der Waals surface area contributed by atoms with E-state index in [0.29, 0.717) is 6.29 Å². The largest absolute Gasteiger partial charge is 0.474 e. The number of hydrogen-bond donors (Lipinski definition) is 2. The minimum atomic E-state index is -1.21. The monoisotopic (exact) mass is 281 g/mol. The molecule has 1 unspecified atom stereocenters. The number of hydrogen-bond acceptors (Lipinski definition) is 6. The van der Waals surface area contributed by atoms with Crippen LogP contribution in [0.4, 0.5) is 10.5 Å². The summed E-state index contributed by atoms with van der Waals surface area (Å²) in [5.74, 6) is -1.12. The van der Waals surface area contributed by atoms with E-state index in [9.17, 15) is 24.5 Å². The van der Waals surface area contributed by atoms with E-state index in [1.54, 1.807) is 5.32 Å². The van der Waals surface area contributed by atoms with E-state index in [-0.39, 0.29) is 11.3 Å². The van der Waals surface area contributed by atoms with Crippen molar-refractivity contribution in [2.24, 2.45) is 5.73 Å². The van der Waals surface area contributed by atoms with E-state index in [2.05, 4.69) is 0 Å². The van der Waals surface area contributed by atoms with Crippen molar-refractivity contribution in [2.75, 3.05) is 0 Å².